The molecule has 2 rings (SSSR count). The molecule has 0 aromatic heterocycles. The van der Waals surface area contributed by atoms with Crippen molar-refractivity contribution in [2.75, 3.05) is 5.32 Å². The molecule has 0 aliphatic rings. The number of hydrogen-bond donors (Lipinski definition) is 1. The molecule has 0 amide bonds. The maximum absolute atomic E-state index is 14.1. The highest BCUT2D eigenvalue weighted by Crippen LogP contribution is 2.35. The van der Waals surface area contributed by atoms with Crippen LogP contribution in [0.2, 0.25) is 0 Å². The third kappa shape index (κ3) is 3.71. The molecule has 0 bridgehead atoms. The summed E-state index contributed by atoms with van der Waals surface area (Å²) in [7, 11) is 0. The van der Waals surface area contributed by atoms with Crippen LogP contribution in [0, 0.1) is 17.1 Å². The molecule has 0 atom stereocenters. The summed E-state index contributed by atoms with van der Waals surface area (Å²) in [4.78, 5) is 0.312. The molecule has 0 spiro atoms. The number of alkyl halides is 2. The Kier molecular flexibility index (Phi) is 5.15. The Morgan fingerprint density at radius 1 is 1.14 bits per heavy atom. The number of anilines is 2. The molecule has 0 saturated carbocycles. The van der Waals surface area contributed by atoms with Crippen molar-refractivity contribution in [3.05, 3.63) is 52.3 Å². The summed E-state index contributed by atoms with van der Waals surface area (Å²) >= 11 is 3.38. The third-order valence-electron chi connectivity index (χ3n) is 2.58. The topological polar surface area (TPSA) is 35.8 Å². The first-order valence-electron chi connectivity index (χ1n) is 5.72. The van der Waals surface area contributed by atoms with Crippen LogP contribution in [0.5, 0.6) is 0 Å². The average Bonchev–Trinajstić information content (AvgIpc) is 2.45. The number of thioether (sulfide) groups is 1. The minimum absolute atomic E-state index is 0.0361. The standard InChI is InChI=1S/C14H8BrF3N2S/c15-12-8(7-19)5-6-10(13(12)16)20-9-3-1-2-4-11(9)21-14(17)18/h1-6,14,20H. The van der Waals surface area contributed by atoms with Crippen LogP contribution in [0.4, 0.5) is 24.5 Å². The largest absolute Gasteiger partial charge is 0.352 e. The van der Waals surface area contributed by atoms with Crippen molar-refractivity contribution in [2.24, 2.45) is 0 Å². The lowest BCUT2D eigenvalue weighted by atomic mass is 10.2. The first-order chi connectivity index (χ1) is 10.0. The zero-order chi connectivity index (χ0) is 15.4. The fourth-order valence-corrected chi connectivity index (χ4v) is 2.68. The van der Waals surface area contributed by atoms with E-state index in [4.69, 9.17) is 5.26 Å². The van der Waals surface area contributed by atoms with Gasteiger partial charge in [0, 0.05) is 4.90 Å². The number of rotatable bonds is 4. The number of nitrogens with zero attached hydrogens (tertiary/aromatic N) is 1. The lowest BCUT2D eigenvalue weighted by molar-refractivity contribution is 0.252. The van der Waals surface area contributed by atoms with E-state index in [1.165, 1.54) is 18.2 Å². The second-order valence-electron chi connectivity index (χ2n) is 3.90. The van der Waals surface area contributed by atoms with Gasteiger partial charge in [-0.2, -0.15) is 14.0 Å². The maximum atomic E-state index is 14.1. The fourth-order valence-electron chi connectivity index (χ4n) is 1.65. The number of halogens is 4. The second-order valence-corrected chi connectivity index (χ2v) is 5.72. The van der Waals surface area contributed by atoms with Crippen LogP contribution >= 0.6 is 27.7 Å². The van der Waals surface area contributed by atoms with Gasteiger partial charge in [0.1, 0.15) is 6.07 Å². The average molecular weight is 373 g/mol. The van der Waals surface area contributed by atoms with Crippen LogP contribution in [-0.2, 0) is 0 Å². The summed E-state index contributed by atoms with van der Waals surface area (Å²) in [6.45, 7) is 0. The highest BCUT2D eigenvalue weighted by atomic mass is 79.9. The van der Waals surface area contributed by atoms with E-state index in [1.54, 1.807) is 18.2 Å². The molecule has 0 aliphatic heterocycles. The summed E-state index contributed by atoms with van der Waals surface area (Å²) in [6.07, 6.45) is 0. The molecule has 0 saturated heterocycles. The lowest BCUT2D eigenvalue weighted by Crippen LogP contribution is -1.98. The number of benzene rings is 2. The quantitative estimate of drug-likeness (QED) is 0.717. The highest BCUT2D eigenvalue weighted by Gasteiger charge is 2.14. The van der Waals surface area contributed by atoms with Crippen molar-refractivity contribution < 1.29 is 13.2 Å². The van der Waals surface area contributed by atoms with Gasteiger partial charge in [-0.25, -0.2) is 4.39 Å². The van der Waals surface area contributed by atoms with Crippen molar-refractivity contribution >= 4 is 39.1 Å². The summed E-state index contributed by atoms with van der Waals surface area (Å²) < 4.78 is 39.1. The Morgan fingerprint density at radius 3 is 2.52 bits per heavy atom. The minimum atomic E-state index is -2.56. The van der Waals surface area contributed by atoms with Crippen molar-refractivity contribution in [1.82, 2.24) is 0 Å². The smallest absolute Gasteiger partial charge is 0.288 e. The molecule has 108 valence electrons. The van der Waals surface area contributed by atoms with Gasteiger partial charge in [0.15, 0.2) is 5.82 Å². The Labute approximate surface area is 132 Å². The van der Waals surface area contributed by atoms with E-state index in [9.17, 15) is 13.2 Å². The zero-order valence-electron chi connectivity index (χ0n) is 10.4. The summed E-state index contributed by atoms with van der Waals surface area (Å²) in [6, 6.07) is 11.1. The molecular weight excluding hydrogens is 365 g/mol. The van der Waals surface area contributed by atoms with Gasteiger partial charge >= 0.3 is 0 Å². The lowest BCUT2D eigenvalue weighted by Gasteiger charge is -2.13. The molecule has 1 N–H and O–H groups in total. The van der Waals surface area contributed by atoms with Crippen molar-refractivity contribution in [3.63, 3.8) is 0 Å². The Morgan fingerprint density at radius 2 is 1.86 bits per heavy atom. The fraction of sp³-hybridized carbons (Fsp3) is 0.0714. The van der Waals surface area contributed by atoms with E-state index in [1.807, 2.05) is 6.07 Å². The van der Waals surface area contributed by atoms with Crippen molar-refractivity contribution in [3.8, 4) is 6.07 Å². The van der Waals surface area contributed by atoms with Gasteiger partial charge in [-0.1, -0.05) is 23.9 Å². The molecule has 0 heterocycles. The van der Waals surface area contributed by atoms with Crippen molar-refractivity contribution in [1.29, 1.82) is 5.26 Å². The second kappa shape index (κ2) is 6.87. The Balaban J connectivity index is 2.35. The first kappa shape index (κ1) is 15.7. The predicted molar refractivity (Wildman–Crippen MR) is 80.4 cm³/mol. The minimum Gasteiger partial charge on any atom is -0.352 e. The zero-order valence-corrected chi connectivity index (χ0v) is 12.8. The Bertz CT molecular complexity index is 701. The highest BCUT2D eigenvalue weighted by molar-refractivity contribution is 9.10. The number of nitriles is 1. The molecule has 0 fully saturated rings. The van der Waals surface area contributed by atoms with Crippen LogP contribution in [0.1, 0.15) is 5.56 Å². The summed E-state index contributed by atoms with van der Waals surface area (Å²) in [5.74, 6) is -3.21. The monoisotopic (exact) mass is 372 g/mol. The molecule has 2 aromatic rings. The van der Waals surface area contributed by atoms with Gasteiger partial charge in [0.25, 0.3) is 5.76 Å². The maximum Gasteiger partial charge on any atom is 0.288 e. The SMILES string of the molecule is N#Cc1ccc(Nc2ccccc2SC(F)F)c(F)c1Br. The number of nitrogens with one attached hydrogen (secondary N) is 1. The first-order valence-corrected chi connectivity index (χ1v) is 7.39. The van der Waals surface area contributed by atoms with E-state index in [2.05, 4.69) is 21.2 Å². The van der Waals surface area contributed by atoms with Gasteiger partial charge < -0.3 is 5.32 Å². The van der Waals surface area contributed by atoms with Crippen LogP contribution in [0.15, 0.2) is 45.8 Å². The van der Waals surface area contributed by atoms with Crippen LogP contribution in [0.3, 0.4) is 0 Å². The molecule has 2 nitrogen and oxygen atoms in total. The molecular formula is C14H8BrF3N2S. The van der Waals surface area contributed by atoms with E-state index in [0.717, 1.165) is 0 Å². The number of hydrogen-bond acceptors (Lipinski definition) is 3. The molecule has 0 unspecified atom stereocenters. The van der Waals surface area contributed by atoms with Crippen LogP contribution in [-0.4, -0.2) is 5.76 Å². The molecule has 0 radical (unpaired) electrons. The van der Waals surface area contributed by atoms with Crippen LogP contribution in [0.25, 0.3) is 0 Å². The molecule has 0 aliphatic carbocycles. The predicted octanol–water partition coefficient (Wildman–Crippen LogP) is 5.52. The van der Waals surface area contributed by atoms with Gasteiger partial charge in [-0.05, 0) is 40.2 Å². The normalized spacial score (nSPS) is 10.5. The third-order valence-corrected chi connectivity index (χ3v) is 4.14. The summed E-state index contributed by atoms with van der Waals surface area (Å²) in [5.41, 5.74) is 0.634. The van der Waals surface area contributed by atoms with E-state index in [0.29, 0.717) is 22.3 Å². The Hall–Kier alpha value is -1.65. The van der Waals surface area contributed by atoms with E-state index < -0.39 is 11.6 Å². The van der Waals surface area contributed by atoms with Crippen molar-refractivity contribution in [2.45, 2.75) is 10.7 Å². The summed E-state index contributed by atoms with van der Waals surface area (Å²) in [5, 5.41) is 11.6. The van der Waals surface area contributed by atoms with Gasteiger partial charge in [0.2, 0.25) is 0 Å². The molecule has 21 heavy (non-hydrogen) atoms. The molecule has 2 aromatic carbocycles. The molecule has 7 heteroatoms. The van der Waals surface area contributed by atoms with Gasteiger partial charge in [-0.15, -0.1) is 0 Å². The number of para-hydroxylation sites is 1. The van der Waals surface area contributed by atoms with Gasteiger partial charge in [-0.3, -0.25) is 0 Å². The van der Waals surface area contributed by atoms with Gasteiger partial charge in [0.05, 0.1) is 21.4 Å². The van der Waals surface area contributed by atoms with Crippen LogP contribution < -0.4 is 5.32 Å². The van der Waals surface area contributed by atoms with E-state index >= 15 is 0 Å². The van der Waals surface area contributed by atoms with E-state index in [-0.39, 0.29) is 15.7 Å².